The number of benzene rings is 1. The minimum absolute atomic E-state index is 0.0524. The molecule has 4 heteroatoms. The maximum Gasteiger partial charge on any atom is 0.227 e. The fraction of sp³-hybridized carbons (Fsp3) is 0.579. The molecule has 1 heterocycles. The quantitative estimate of drug-likeness (QED) is 0.871. The van der Waals surface area contributed by atoms with Gasteiger partial charge in [-0.05, 0) is 37.5 Å². The molecule has 0 spiro atoms. The zero-order valence-electron chi connectivity index (χ0n) is 13.9. The number of carbonyl (C=O) groups is 2. The van der Waals surface area contributed by atoms with E-state index < -0.39 is 0 Å². The van der Waals surface area contributed by atoms with Gasteiger partial charge in [-0.2, -0.15) is 0 Å². The lowest BCUT2D eigenvalue weighted by Crippen LogP contribution is -2.39. The van der Waals surface area contributed by atoms with Crippen LogP contribution in [-0.4, -0.2) is 24.4 Å². The van der Waals surface area contributed by atoms with Gasteiger partial charge in [-0.15, -0.1) is 0 Å². The van der Waals surface area contributed by atoms with E-state index in [9.17, 15) is 9.59 Å². The van der Waals surface area contributed by atoms with Gasteiger partial charge in [-0.1, -0.05) is 37.8 Å². The molecule has 2 aliphatic rings. The fourth-order valence-electron chi connectivity index (χ4n) is 3.67. The van der Waals surface area contributed by atoms with Crippen LogP contribution in [0.1, 0.15) is 50.5 Å². The van der Waals surface area contributed by atoms with Crippen molar-refractivity contribution in [2.45, 2.75) is 57.9 Å². The Balaban J connectivity index is 1.61. The maximum absolute atomic E-state index is 12.5. The summed E-state index contributed by atoms with van der Waals surface area (Å²) in [6.07, 6.45) is 7.42. The minimum Gasteiger partial charge on any atom is -0.353 e. The highest BCUT2D eigenvalue weighted by Gasteiger charge is 2.35. The molecule has 0 bridgehead atoms. The van der Waals surface area contributed by atoms with Crippen LogP contribution in [0, 0.1) is 12.8 Å². The van der Waals surface area contributed by atoms with Gasteiger partial charge in [-0.25, -0.2) is 0 Å². The number of amides is 2. The van der Waals surface area contributed by atoms with Crippen molar-refractivity contribution in [1.29, 1.82) is 0 Å². The second-order valence-corrected chi connectivity index (χ2v) is 6.94. The van der Waals surface area contributed by atoms with Gasteiger partial charge in [0.15, 0.2) is 0 Å². The average Bonchev–Trinajstić information content (AvgIpc) is 2.74. The summed E-state index contributed by atoms with van der Waals surface area (Å²) in [4.78, 5) is 26.6. The number of anilines is 1. The molecule has 1 N–H and O–H groups in total. The minimum atomic E-state index is -0.216. The normalized spacial score (nSPS) is 22.9. The van der Waals surface area contributed by atoms with Gasteiger partial charge in [-0.3, -0.25) is 9.59 Å². The summed E-state index contributed by atoms with van der Waals surface area (Å²) >= 11 is 0. The third-order valence-electron chi connectivity index (χ3n) is 5.01. The standard InChI is InChI=1S/C19H26N2O2/c1-14-7-6-10-17(11-14)21-13-15(12-18(21)22)19(23)20-16-8-4-2-3-5-9-16/h6-7,10-11,15-16H,2-5,8-9,12-13H2,1H3,(H,20,23). The van der Waals surface area contributed by atoms with Gasteiger partial charge in [0.2, 0.25) is 11.8 Å². The van der Waals surface area contributed by atoms with Crippen molar-refractivity contribution in [2.75, 3.05) is 11.4 Å². The molecule has 1 unspecified atom stereocenters. The van der Waals surface area contributed by atoms with Gasteiger partial charge in [0, 0.05) is 24.7 Å². The van der Waals surface area contributed by atoms with Crippen molar-refractivity contribution in [3.63, 3.8) is 0 Å². The zero-order chi connectivity index (χ0) is 16.2. The van der Waals surface area contributed by atoms with E-state index in [0.717, 1.165) is 24.1 Å². The third kappa shape index (κ3) is 3.92. The number of rotatable bonds is 3. The molecule has 1 aromatic rings. The number of nitrogens with zero attached hydrogens (tertiary/aromatic N) is 1. The Morgan fingerprint density at radius 1 is 1.17 bits per heavy atom. The van der Waals surface area contributed by atoms with E-state index in [1.807, 2.05) is 31.2 Å². The van der Waals surface area contributed by atoms with Crippen LogP contribution in [0.15, 0.2) is 24.3 Å². The van der Waals surface area contributed by atoms with Crippen LogP contribution in [0.5, 0.6) is 0 Å². The van der Waals surface area contributed by atoms with E-state index in [1.54, 1.807) is 4.90 Å². The predicted molar refractivity (Wildman–Crippen MR) is 91.3 cm³/mol. The van der Waals surface area contributed by atoms with Crippen molar-refractivity contribution in [3.8, 4) is 0 Å². The Bertz CT molecular complexity index is 576. The van der Waals surface area contributed by atoms with Gasteiger partial charge in [0.1, 0.15) is 0 Å². The van der Waals surface area contributed by atoms with Crippen molar-refractivity contribution >= 4 is 17.5 Å². The number of hydrogen-bond acceptors (Lipinski definition) is 2. The lowest BCUT2D eigenvalue weighted by molar-refractivity contribution is -0.127. The topological polar surface area (TPSA) is 49.4 Å². The number of aryl methyl sites for hydroxylation is 1. The molecular formula is C19H26N2O2. The Hall–Kier alpha value is -1.84. The van der Waals surface area contributed by atoms with Crippen LogP contribution >= 0.6 is 0 Å². The SMILES string of the molecule is Cc1cccc(N2CC(C(=O)NC3CCCCCC3)CC2=O)c1. The summed E-state index contributed by atoms with van der Waals surface area (Å²) in [6.45, 7) is 2.52. The summed E-state index contributed by atoms with van der Waals surface area (Å²) in [5, 5.41) is 3.19. The average molecular weight is 314 g/mol. The number of nitrogens with one attached hydrogen (secondary N) is 1. The van der Waals surface area contributed by atoms with Crippen LogP contribution in [0.25, 0.3) is 0 Å². The van der Waals surface area contributed by atoms with Gasteiger partial charge in [0.05, 0.1) is 5.92 Å². The van der Waals surface area contributed by atoms with Gasteiger partial charge < -0.3 is 10.2 Å². The van der Waals surface area contributed by atoms with Crippen LogP contribution < -0.4 is 10.2 Å². The smallest absolute Gasteiger partial charge is 0.227 e. The highest BCUT2D eigenvalue weighted by molar-refractivity contribution is 6.00. The molecule has 1 aromatic carbocycles. The first-order valence-electron chi connectivity index (χ1n) is 8.81. The molecule has 3 rings (SSSR count). The van der Waals surface area contributed by atoms with Crippen LogP contribution in [-0.2, 0) is 9.59 Å². The summed E-state index contributed by atoms with van der Waals surface area (Å²) in [7, 11) is 0. The van der Waals surface area contributed by atoms with Crippen LogP contribution in [0.3, 0.4) is 0 Å². The van der Waals surface area contributed by atoms with Crippen molar-refractivity contribution < 1.29 is 9.59 Å². The predicted octanol–water partition coefficient (Wildman–Crippen LogP) is 3.19. The van der Waals surface area contributed by atoms with Crippen molar-refractivity contribution in [3.05, 3.63) is 29.8 Å². The lowest BCUT2D eigenvalue weighted by atomic mass is 10.0. The highest BCUT2D eigenvalue weighted by Crippen LogP contribution is 2.26. The largest absolute Gasteiger partial charge is 0.353 e. The zero-order valence-corrected chi connectivity index (χ0v) is 13.9. The Kier molecular flexibility index (Phi) is 4.99. The van der Waals surface area contributed by atoms with Crippen LogP contribution in [0.4, 0.5) is 5.69 Å². The van der Waals surface area contributed by atoms with E-state index in [4.69, 9.17) is 0 Å². The van der Waals surface area contributed by atoms with E-state index >= 15 is 0 Å². The Morgan fingerprint density at radius 3 is 2.61 bits per heavy atom. The Morgan fingerprint density at radius 2 is 1.91 bits per heavy atom. The molecule has 23 heavy (non-hydrogen) atoms. The molecule has 1 saturated carbocycles. The molecule has 124 valence electrons. The first-order chi connectivity index (χ1) is 11.1. The van der Waals surface area contributed by atoms with Crippen molar-refractivity contribution in [2.24, 2.45) is 5.92 Å². The molecule has 1 aliphatic carbocycles. The molecule has 1 atom stereocenters. The van der Waals surface area contributed by atoms with E-state index in [2.05, 4.69) is 5.32 Å². The maximum atomic E-state index is 12.5. The van der Waals surface area contributed by atoms with E-state index in [-0.39, 0.29) is 17.7 Å². The molecule has 2 fully saturated rings. The highest BCUT2D eigenvalue weighted by atomic mass is 16.2. The molecule has 1 aliphatic heterocycles. The second kappa shape index (κ2) is 7.16. The van der Waals surface area contributed by atoms with Crippen LogP contribution in [0.2, 0.25) is 0 Å². The van der Waals surface area contributed by atoms with Crippen molar-refractivity contribution in [1.82, 2.24) is 5.32 Å². The molecule has 0 radical (unpaired) electrons. The van der Waals surface area contributed by atoms with Gasteiger partial charge >= 0.3 is 0 Å². The molecule has 1 saturated heterocycles. The molecule has 4 nitrogen and oxygen atoms in total. The van der Waals surface area contributed by atoms with Gasteiger partial charge in [0.25, 0.3) is 0 Å². The summed E-state index contributed by atoms with van der Waals surface area (Å²) < 4.78 is 0. The second-order valence-electron chi connectivity index (χ2n) is 6.94. The molecular weight excluding hydrogens is 288 g/mol. The first kappa shape index (κ1) is 16.0. The summed E-state index contributed by atoms with van der Waals surface area (Å²) in [5.41, 5.74) is 2.03. The number of hydrogen-bond donors (Lipinski definition) is 1. The molecule has 0 aromatic heterocycles. The van der Waals surface area contributed by atoms with E-state index in [1.165, 1.54) is 25.7 Å². The van der Waals surface area contributed by atoms with E-state index in [0.29, 0.717) is 19.0 Å². The monoisotopic (exact) mass is 314 g/mol. The fourth-order valence-corrected chi connectivity index (χ4v) is 3.67. The third-order valence-corrected chi connectivity index (χ3v) is 5.01. The summed E-state index contributed by atoms with van der Waals surface area (Å²) in [6, 6.07) is 8.21. The number of carbonyl (C=O) groups excluding carboxylic acids is 2. The first-order valence-corrected chi connectivity index (χ1v) is 8.81. The summed E-state index contributed by atoms with van der Waals surface area (Å²) in [5.74, 6) is -0.108. The lowest BCUT2D eigenvalue weighted by Gasteiger charge is -2.20. The Labute approximate surface area is 138 Å². The molecule has 2 amide bonds.